The van der Waals surface area contributed by atoms with Crippen LogP contribution >= 0.6 is 0 Å². The summed E-state index contributed by atoms with van der Waals surface area (Å²) in [5.41, 5.74) is 2.46. The van der Waals surface area contributed by atoms with Crippen LogP contribution in [0.25, 0.3) is 0 Å². The highest BCUT2D eigenvalue weighted by atomic mass is 16.6. The number of hydrogen-bond donors (Lipinski definition) is 4. The molecule has 0 amide bonds. The molecule has 13 atom stereocenters. The maximum Gasteiger partial charge on any atom is 0.309 e. The van der Waals surface area contributed by atoms with Crippen LogP contribution in [0.4, 0.5) is 0 Å². The Balaban J connectivity index is 2.69. The molecule has 2 aliphatic rings. The number of rotatable bonds is 3. The molecule has 0 aromatic carbocycles. The van der Waals surface area contributed by atoms with Gasteiger partial charge in [-0.2, -0.15) is 0 Å². The van der Waals surface area contributed by atoms with E-state index in [-0.39, 0.29) is 29.9 Å². The van der Waals surface area contributed by atoms with Crippen molar-refractivity contribution in [3.8, 4) is 0 Å². The number of methoxy groups -OCH3 is 1. The fraction of sp³-hybridized carbons (Fsp3) is 0.969. The van der Waals surface area contributed by atoms with E-state index in [1.54, 1.807) is 14.0 Å². The minimum atomic E-state index is -1.68. The summed E-state index contributed by atoms with van der Waals surface area (Å²) >= 11 is 0. The lowest BCUT2D eigenvalue weighted by Crippen LogP contribution is -2.63. The van der Waals surface area contributed by atoms with E-state index in [2.05, 4.69) is 27.7 Å². The van der Waals surface area contributed by atoms with Crippen LogP contribution in [0.5, 0.6) is 0 Å². The third kappa shape index (κ3) is 7.13. The highest BCUT2D eigenvalue weighted by Crippen LogP contribution is 2.50. The average molecular weight is 587 g/mol. The van der Waals surface area contributed by atoms with E-state index in [4.69, 9.17) is 19.9 Å². The Labute approximate surface area is 249 Å². The zero-order valence-corrected chi connectivity index (χ0v) is 28.1. The van der Waals surface area contributed by atoms with Crippen LogP contribution in [0, 0.1) is 29.1 Å². The van der Waals surface area contributed by atoms with Gasteiger partial charge in [-0.1, -0.05) is 41.5 Å². The first kappa shape index (κ1) is 36.4. The molecule has 0 aromatic heterocycles. The monoisotopic (exact) mass is 586 g/mol. The summed E-state index contributed by atoms with van der Waals surface area (Å²) in [6, 6.07) is -0.763. The van der Waals surface area contributed by atoms with Crippen LogP contribution in [0.15, 0.2) is 0 Å². The number of ether oxygens (including phenoxy) is 3. The van der Waals surface area contributed by atoms with Crippen LogP contribution in [0.3, 0.4) is 0 Å². The van der Waals surface area contributed by atoms with Gasteiger partial charge in [0.05, 0.1) is 35.4 Å². The molecule has 9 nitrogen and oxygen atoms in total. The van der Waals surface area contributed by atoms with Crippen molar-refractivity contribution in [1.29, 1.82) is 0 Å². The van der Waals surface area contributed by atoms with Crippen molar-refractivity contribution in [3.05, 3.63) is 0 Å². The summed E-state index contributed by atoms with van der Waals surface area (Å²) in [4.78, 5) is 16.0. The second-order valence-corrected chi connectivity index (χ2v) is 14.8. The Morgan fingerprint density at radius 1 is 1.05 bits per heavy atom. The molecule has 0 spiro atoms. The van der Waals surface area contributed by atoms with Gasteiger partial charge in [-0.15, -0.1) is 0 Å². The molecule has 1 unspecified atom stereocenters. The lowest BCUT2D eigenvalue weighted by Gasteiger charge is -2.54. The van der Waals surface area contributed by atoms with E-state index < -0.39 is 58.5 Å². The Morgan fingerprint density at radius 2 is 1.61 bits per heavy atom. The van der Waals surface area contributed by atoms with Gasteiger partial charge >= 0.3 is 5.97 Å². The fourth-order valence-corrected chi connectivity index (χ4v) is 7.54. The molecule has 2 rings (SSSR count). The van der Waals surface area contributed by atoms with Crippen molar-refractivity contribution in [2.24, 2.45) is 34.8 Å². The van der Waals surface area contributed by atoms with Gasteiger partial charge < -0.3 is 40.2 Å². The molecule has 2 saturated heterocycles. The second-order valence-electron chi connectivity index (χ2n) is 14.8. The van der Waals surface area contributed by atoms with Crippen LogP contribution in [0.2, 0.25) is 0 Å². The molecule has 2 fully saturated rings. The normalized spacial score (nSPS) is 49.5. The zero-order chi connectivity index (χ0) is 31.9. The molecule has 0 aliphatic carbocycles. The summed E-state index contributed by atoms with van der Waals surface area (Å²) in [5.74, 6) is -1.57. The van der Waals surface area contributed by atoms with Crippen LogP contribution in [0.1, 0.15) is 95.4 Å². The van der Waals surface area contributed by atoms with E-state index in [0.29, 0.717) is 25.8 Å². The third-order valence-corrected chi connectivity index (χ3v) is 11.5. The lowest BCUT2D eigenvalue weighted by molar-refractivity contribution is -0.209. The number of nitrogens with two attached hydrogens (primary N) is 1. The van der Waals surface area contributed by atoms with Gasteiger partial charge in [0.2, 0.25) is 0 Å². The maximum absolute atomic E-state index is 14.0. The molecule has 9 heteroatoms. The largest absolute Gasteiger partial charge is 0.459 e. The van der Waals surface area contributed by atoms with Crippen LogP contribution in [-0.2, 0) is 19.0 Å². The third-order valence-electron chi connectivity index (χ3n) is 11.5. The fourth-order valence-electron chi connectivity index (χ4n) is 7.54. The Morgan fingerprint density at radius 3 is 2.12 bits per heavy atom. The average Bonchev–Trinajstić information content (AvgIpc) is 2.87. The van der Waals surface area contributed by atoms with E-state index >= 15 is 0 Å². The van der Waals surface area contributed by atoms with Gasteiger partial charge in [0.25, 0.3) is 0 Å². The van der Waals surface area contributed by atoms with E-state index in [1.807, 2.05) is 53.5 Å². The lowest BCUT2D eigenvalue weighted by atomic mass is 9.58. The van der Waals surface area contributed by atoms with Crippen LogP contribution in [-0.4, -0.2) is 100 Å². The SMILES string of the molecule is CC[C@H]1OC(=O)[C@H](C)C([C@H]2C[C@@](C)(OC)[C@@H](N)[C@H](C)O2)[C@H](C)C(C)(C)[C@](C)(O)C[C@@H](C)CN(C)[C@H](C)[C@@H](O)[C@]1(C)O. The number of esters is 1. The first-order valence-corrected chi connectivity index (χ1v) is 15.6. The number of carbonyl (C=O) groups excluding carboxylic acids is 1. The van der Waals surface area contributed by atoms with Gasteiger partial charge in [-0.05, 0) is 71.8 Å². The molecule has 0 bridgehead atoms. The summed E-state index contributed by atoms with van der Waals surface area (Å²) in [5, 5.41) is 35.0. The summed E-state index contributed by atoms with van der Waals surface area (Å²) in [7, 11) is 3.56. The van der Waals surface area contributed by atoms with Crippen molar-refractivity contribution >= 4 is 5.97 Å². The van der Waals surface area contributed by atoms with E-state index in [9.17, 15) is 20.1 Å². The zero-order valence-electron chi connectivity index (χ0n) is 28.1. The smallest absolute Gasteiger partial charge is 0.309 e. The Hall–Kier alpha value is -0.810. The highest BCUT2D eigenvalue weighted by molar-refractivity contribution is 5.73. The first-order valence-electron chi connectivity index (χ1n) is 15.6. The van der Waals surface area contributed by atoms with Crippen molar-refractivity contribution in [2.45, 2.75) is 149 Å². The predicted molar refractivity (Wildman–Crippen MR) is 161 cm³/mol. The molecule has 0 aromatic rings. The standard InChI is InChI=1S/C32H62N2O7/c1-14-24-32(11,38)27(35)21(5)34(12)17-18(2)15-31(10,37)29(7,8)20(4)25(19(3)28(36)41-24)23-16-30(9,39-13)26(33)22(6)40-23/h18-27,35,37-38H,14-17,33H2,1-13H3/t18-,19-,20+,21-,22+,23-,24-,25?,26+,27-,30-,31-,32-/m1/s1. The highest BCUT2D eigenvalue weighted by Gasteiger charge is 2.55. The van der Waals surface area contributed by atoms with Gasteiger partial charge in [-0.3, -0.25) is 4.79 Å². The van der Waals surface area contributed by atoms with Gasteiger partial charge in [0.15, 0.2) is 0 Å². The van der Waals surface area contributed by atoms with E-state index in [0.717, 1.165) is 0 Å². The molecule has 242 valence electrons. The molecular formula is C32H62N2O7. The molecule has 0 radical (unpaired) electrons. The molecule has 41 heavy (non-hydrogen) atoms. The number of nitrogens with zero attached hydrogens (tertiary/aromatic N) is 1. The predicted octanol–water partition coefficient (Wildman–Crippen LogP) is 3.36. The number of aliphatic hydroxyl groups is 3. The van der Waals surface area contributed by atoms with E-state index in [1.165, 1.54) is 0 Å². The number of cyclic esters (lactones) is 1. The Bertz CT molecular complexity index is 880. The van der Waals surface area contributed by atoms with Gasteiger partial charge in [0.1, 0.15) is 17.8 Å². The molecule has 5 N–H and O–H groups in total. The summed E-state index contributed by atoms with van der Waals surface area (Å²) in [6.07, 6.45) is -1.47. The number of hydrogen-bond acceptors (Lipinski definition) is 9. The van der Waals surface area contributed by atoms with Crippen LogP contribution < -0.4 is 5.73 Å². The summed E-state index contributed by atoms with van der Waals surface area (Å²) in [6.45, 7) is 21.8. The number of aliphatic hydroxyl groups excluding tert-OH is 1. The molecule has 2 heterocycles. The number of carbonyl (C=O) groups is 1. The molecule has 2 aliphatic heterocycles. The van der Waals surface area contributed by atoms with Crippen molar-refractivity contribution < 1.29 is 34.3 Å². The second kappa shape index (κ2) is 13.0. The maximum atomic E-state index is 14.0. The topological polar surface area (TPSA) is 135 Å². The first-order chi connectivity index (χ1) is 18.6. The molecule has 0 saturated carbocycles. The minimum Gasteiger partial charge on any atom is -0.459 e. The van der Waals surface area contributed by atoms with Gasteiger partial charge in [0, 0.05) is 32.0 Å². The van der Waals surface area contributed by atoms with Gasteiger partial charge in [-0.25, -0.2) is 0 Å². The number of likely N-dealkylation sites (N-methyl/N-ethyl adjacent to an activating group) is 1. The van der Waals surface area contributed by atoms with Crippen molar-refractivity contribution in [1.82, 2.24) is 4.90 Å². The quantitative estimate of drug-likeness (QED) is 0.367. The Kier molecular flexibility index (Phi) is 11.6. The van der Waals surface area contributed by atoms with Crippen molar-refractivity contribution in [2.75, 3.05) is 20.7 Å². The summed E-state index contributed by atoms with van der Waals surface area (Å²) < 4.78 is 18.5. The minimum absolute atomic E-state index is 0.0858. The molecular weight excluding hydrogens is 524 g/mol. The van der Waals surface area contributed by atoms with Crippen molar-refractivity contribution in [3.63, 3.8) is 0 Å².